The van der Waals surface area contributed by atoms with E-state index in [4.69, 9.17) is 0 Å². The lowest BCUT2D eigenvalue weighted by Gasteiger charge is -2.24. The lowest BCUT2D eigenvalue weighted by atomic mass is 10.2. The number of aromatic nitrogens is 4. The summed E-state index contributed by atoms with van der Waals surface area (Å²) in [6, 6.07) is 5.35. The summed E-state index contributed by atoms with van der Waals surface area (Å²) in [5, 5.41) is 4.30. The average molecular weight is 337 g/mol. The van der Waals surface area contributed by atoms with E-state index in [0.717, 1.165) is 18.4 Å². The van der Waals surface area contributed by atoms with Crippen molar-refractivity contribution >= 4 is 11.6 Å². The molecule has 3 aromatic heterocycles. The van der Waals surface area contributed by atoms with E-state index in [1.54, 1.807) is 29.4 Å². The van der Waals surface area contributed by atoms with Gasteiger partial charge in [0, 0.05) is 25.1 Å². The zero-order valence-electron chi connectivity index (χ0n) is 14.0. The highest BCUT2D eigenvalue weighted by molar-refractivity contribution is 5.94. The molecular formula is C18H19N5O2. The highest BCUT2D eigenvalue weighted by Gasteiger charge is 2.31. The second-order valence-corrected chi connectivity index (χ2v) is 6.44. The molecule has 0 aliphatic carbocycles. The van der Waals surface area contributed by atoms with Crippen LogP contribution >= 0.6 is 0 Å². The molecule has 0 saturated carbocycles. The number of amides is 1. The summed E-state index contributed by atoms with van der Waals surface area (Å²) in [6.07, 6.45) is 8.64. The monoisotopic (exact) mass is 337 g/mol. The van der Waals surface area contributed by atoms with Crippen LogP contribution in [0, 0.1) is 6.92 Å². The van der Waals surface area contributed by atoms with E-state index in [9.17, 15) is 9.59 Å². The van der Waals surface area contributed by atoms with Crippen LogP contribution in [0.3, 0.4) is 0 Å². The van der Waals surface area contributed by atoms with Crippen molar-refractivity contribution in [2.75, 3.05) is 6.54 Å². The van der Waals surface area contributed by atoms with Crippen molar-refractivity contribution in [1.29, 1.82) is 0 Å². The number of hydrogen-bond acceptors (Lipinski definition) is 4. The Balaban J connectivity index is 1.63. The van der Waals surface area contributed by atoms with Gasteiger partial charge in [0.15, 0.2) is 0 Å². The van der Waals surface area contributed by atoms with E-state index in [0.29, 0.717) is 18.7 Å². The topological polar surface area (TPSA) is 72.5 Å². The highest BCUT2D eigenvalue weighted by atomic mass is 16.2. The van der Waals surface area contributed by atoms with Crippen LogP contribution < -0.4 is 5.56 Å². The fourth-order valence-electron chi connectivity index (χ4n) is 3.40. The fraction of sp³-hybridized carbons (Fsp3) is 0.333. The van der Waals surface area contributed by atoms with Gasteiger partial charge in [0.25, 0.3) is 11.5 Å². The summed E-state index contributed by atoms with van der Waals surface area (Å²) < 4.78 is 3.27. The molecule has 7 nitrogen and oxygen atoms in total. The third-order valence-electron chi connectivity index (χ3n) is 4.64. The Morgan fingerprint density at radius 2 is 2.20 bits per heavy atom. The number of pyridine rings is 1. The zero-order valence-corrected chi connectivity index (χ0v) is 14.0. The molecule has 1 saturated heterocycles. The van der Waals surface area contributed by atoms with Gasteiger partial charge >= 0.3 is 0 Å². The minimum absolute atomic E-state index is 0.0441. The molecule has 7 heteroatoms. The second kappa shape index (κ2) is 6.16. The lowest BCUT2D eigenvalue weighted by molar-refractivity contribution is 0.0719. The number of carbonyl (C=O) groups is 1. The molecule has 25 heavy (non-hydrogen) atoms. The number of aryl methyl sites for hydroxylation is 1. The molecule has 0 spiro atoms. The summed E-state index contributed by atoms with van der Waals surface area (Å²) in [5.41, 5.74) is 1.42. The summed E-state index contributed by atoms with van der Waals surface area (Å²) in [4.78, 5) is 31.6. The molecule has 0 bridgehead atoms. The Kier molecular flexibility index (Phi) is 3.83. The van der Waals surface area contributed by atoms with Gasteiger partial charge in [-0.2, -0.15) is 5.10 Å². The van der Waals surface area contributed by atoms with Crippen LogP contribution in [0.4, 0.5) is 0 Å². The molecule has 3 aromatic rings. The summed E-state index contributed by atoms with van der Waals surface area (Å²) in [7, 11) is 0. The van der Waals surface area contributed by atoms with Crippen LogP contribution in [0.15, 0.2) is 47.8 Å². The van der Waals surface area contributed by atoms with Gasteiger partial charge in [-0.15, -0.1) is 0 Å². The molecule has 1 aliphatic rings. The maximum Gasteiger partial charge on any atom is 0.270 e. The van der Waals surface area contributed by atoms with Gasteiger partial charge in [-0.3, -0.25) is 18.7 Å². The van der Waals surface area contributed by atoms with Crippen LogP contribution in [-0.4, -0.2) is 42.6 Å². The first-order valence-corrected chi connectivity index (χ1v) is 8.40. The Morgan fingerprint density at radius 3 is 3.00 bits per heavy atom. The number of hydrogen-bond donors (Lipinski definition) is 0. The standard InChI is InChI=1S/C18H19N5O2/c1-13-9-20-21(11-13)12-14-5-4-8-22(14)17(24)15-10-19-16-6-2-3-7-23(16)18(15)25/h2-3,6-7,9-11,14H,4-5,8,12H2,1H3/t14-/m1/s1. The van der Waals surface area contributed by atoms with E-state index in [2.05, 4.69) is 10.1 Å². The Hall–Kier alpha value is -2.96. The van der Waals surface area contributed by atoms with Gasteiger partial charge in [-0.05, 0) is 37.5 Å². The molecule has 1 fully saturated rings. The minimum Gasteiger partial charge on any atom is -0.334 e. The molecule has 1 aliphatic heterocycles. The van der Waals surface area contributed by atoms with Crippen molar-refractivity contribution in [2.45, 2.75) is 32.4 Å². The first kappa shape index (κ1) is 15.6. The molecule has 0 N–H and O–H groups in total. The smallest absolute Gasteiger partial charge is 0.270 e. The van der Waals surface area contributed by atoms with E-state index < -0.39 is 0 Å². The average Bonchev–Trinajstić information content (AvgIpc) is 3.24. The van der Waals surface area contributed by atoms with Crippen molar-refractivity contribution in [2.24, 2.45) is 0 Å². The van der Waals surface area contributed by atoms with Gasteiger partial charge in [0.2, 0.25) is 0 Å². The highest BCUT2D eigenvalue weighted by Crippen LogP contribution is 2.20. The molecule has 0 unspecified atom stereocenters. The largest absolute Gasteiger partial charge is 0.334 e. The third-order valence-corrected chi connectivity index (χ3v) is 4.64. The van der Waals surface area contributed by atoms with Crippen molar-refractivity contribution in [1.82, 2.24) is 24.1 Å². The van der Waals surface area contributed by atoms with E-state index in [1.807, 2.05) is 23.9 Å². The van der Waals surface area contributed by atoms with E-state index in [-0.39, 0.29) is 23.1 Å². The summed E-state index contributed by atoms with van der Waals surface area (Å²) in [6.45, 7) is 3.28. The Morgan fingerprint density at radius 1 is 1.32 bits per heavy atom. The quantitative estimate of drug-likeness (QED) is 0.726. The van der Waals surface area contributed by atoms with Crippen LogP contribution in [0.5, 0.6) is 0 Å². The SMILES string of the molecule is Cc1cnn(C[C@H]2CCCN2C(=O)c2cnc3ccccn3c2=O)c1. The van der Waals surface area contributed by atoms with Gasteiger partial charge in [0.05, 0.1) is 18.8 Å². The number of carbonyl (C=O) groups excluding carboxylic acids is 1. The lowest BCUT2D eigenvalue weighted by Crippen LogP contribution is -2.41. The van der Waals surface area contributed by atoms with Crippen LogP contribution in [0.1, 0.15) is 28.8 Å². The van der Waals surface area contributed by atoms with E-state index >= 15 is 0 Å². The molecule has 1 amide bonds. The fourth-order valence-corrected chi connectivity index (χ4v) is 3.40. The first-order chi connectivity index (χ1) is 12.1. The molecule has 0 aromatic carbocycles. The summed E-state index contributed by atoms with van der Waals surface area (Å²) >= 11 is 0. The zero-order chi connectivity index (χ0) is 17.4. The molecular weight excluding hydrogens is 318 g/mol. The summed E-state index contributed by atoms with van der Waals surface area (Å²) in [5.74, 6) is -0.248. The maximum absolute atomic E-state index is 13.0. The third kappa shape index (κ3) is 2.82. The van der Waals surface area contributed by atoms with Crippen LogP contribution in [-0.2, 0) is 6.54 Å². The number of rotatable bonds is 3. The number of fused-ring (bicyclic) bond motifs is 1. The van der Waals surface area contributed by atoms with Gasteiger partial charge in [-0.25, -0.2) is 4.98 Å². The second-order valence-electron chi connectivity index (χ2n) is 6.44. The van der Waals surface area contributed by atoms with Crippen molar-refractivity contribution in [3.05, 3.63) is 64.5 Å². The van der Waals surface area contributed by atoms with Crippen molar-refractivity contribution in [3.8, 4) is 0 Å². The van der Waals surface area contributed by atoms with Crippen LogP contribution in [0.2, 0.25) is 0 Å². The van der Waals surface area contributed by atoms with Crippen LogP contribution in [0.25, 0.3) is 5.65 Å². The predicted molar refractivity (Wildman–Crippen MR) is 92.5 cm³/mol. The van der Waals surface area contributed by atoms with Gasteiger partial charge in [-0.1, -0.05) is 6.07 Å². The maximum atomic E-state index is 13.0. The normalized spacial score (nSPS) is 17.3. The predicted octanol–water partition coefficient (Wildman–Crippen LogP) is 1.50. The Labute approximate surface area is 144 Å². The number of likely N-dealkylation sites (tertiary alicyclic amines) is 1. The molecule has 4 rings (SSSR count). The molecule has 128 valence electrons. The Bertz CT molecular complexity index is 990. The molecule has 0 radical (unpaired) electrons. The van der Waals surface area contributed by atoms with Gasteiger partial charge < -0.3 is 4.90 Å². The van der Waals surface area contributed by atoms with E-state index in [1.165, 1.54) is 10.6 Å². The molecule has 4 heterocycles. The molecule has 1 atom stereocenters. The first-order valence-electron chi connectivity index (χ1n) is 8.40. The van der Waals surface area contributed by atoms with Crippen molar-refractivity contribution < 1.29 is 4.79 Å². The minimum atomic E-state index is -0.323. The van der Waals surface area contributed by atoms with Crippen molar-refractivity contribution in [3.63, 3.8) is 0 Å². The number of nitrogens with zero attached hydrogens (tertiary/aromatic N) is 5. The van der Waals surface area contributed by atoms with Gasteiger partial charge in [0.1, 0.15) is 11.2 Å².